The molecule has 0 N–H and O–H groups in total. The van der Waals surface area contributed by atoms with Gasteiger partial charge in [0, 0.05) is 43.0 Å². The van der Waals surface area contributed by atoms with Crippen LogP contribution in [0.2, 0.25) is 0 Å². The van der Waals surface area contributed by atoms with Crippen molar-refractivity contribution in [2.45, 2.75) is 35.6 Å². The van der Waals surface area contributed by atoms with Crippen LogP contribution in [-0.4, -0.2) is 33.3 Å². The number of aromatic nitrogens is 3. The van der Waals surface area contributed by atoms with Crippen LogP contribution >= 0.6 is 11.8 Å². The third-order valence-electron chi connectivity index (χ3n) is 10.4. The van der Waals surface area contributed by atoms with Crippen LogP contribution < -0.4 is 0 Å². The van der Waals surface area contributed by atoms with Gasteiger partial charge in [-0.3, -0.25) is 4.99 Å². The van der Waals surface area contributed by atoms with Crippen LogP contribution in [0.3, 0.4) is 0 Å². The summed E-state index contributed by atoms with van der Waals surface area (Å²) in [5.74, 6) is 2.78. The van der Waals surface area contributed by atoms with E-state index in [2.05, 4.69) is 110 Å². The largest absolute Gasteiger partial charge is 0.261 e. The van der Waals surface area contributed by atoms with E-state index in [1.54, 1.807) is 11.8 Å². The van der Waals surface area contributed by atoms with Gasteiger partial charge in [0.2, 0.25) is 0 Å². The van der Waals surface area contributed by atoms with Gasteiger partial charge in [0.25, 0.3) is 0 Å². The van der Waals surface area contributed by atoms with E-state index in [1.807, 2.05) is 84.9 Å². The Bertz CT molecular complexity index is 2850. The molecule has 0 atom stereocenters. The SMILES string of the molecule is C=N/C(=N\C(=N/Cc1ccc2ccccc2c1)c1cccc(-c2nc(-c3ccccc3)nc(-c3ccc4c(c3)Sc3ccccc3C4(C)C)n2)c1)c1ccccc1. The highest BCUT2D eigenvalue weighted by Crippen LogP contribution is 2.49. The molecule has 8 aromatic rings. The third kappa shape index (κ3) is 7.33. The summed E-state index contributed by atoms with van der Waals surface area (Å²) >= 11 is 1.80. The molecule has 0 saturated heterocycles. The van der Waals surface area contributed by atoms with Crippen molar-refractivity contribution in [3.63, 3.8) is 0 Å². The fourth-order valence-corrected chi connectivity index (χ4v) is 8.75. The summed E-state index contributed by atoms with van der Waals surface area (Å²) in [5.41, 5.74) is 7.90. The molecule has 0 bridgehead atoms. The average molecular weight is 755 g/mol. The predicted octanol–water partition coefficient (Wildman–Crippen LogP) is 11.9. The first kappa shape index (κ1) is 35.8. The summed E-state index contributed by atoms with van der Waals surface area (Å²) in [4.78, 5) is 32.2. The van der Waals surface area contributed by atoms with E-state index in [-0.39, 0.29) is 5.41 Å². The molecule has 0 amide bonds. The van der Waals surface area contributed by atoms with Gasteiger partial charge in [0.05, 0.1) is 6.54 Å². The highest BCUT2D eigenvalue weighted by molar-refractivity contribution is 7.99. The van der Waals surface area contributed by atoms with Crippen molar-refractivity contribution in [2.75, 3.05) is 0 Å². The van der Waals surface area contributed by atoms with Crippen molar-refractivity contribution in [3.05, 3.63) is 198 Å². The fourth-order valence-electron chi connectivity index (χ4n) is 7.32. The molecule has 0 spiro atoms. The maximum Gasteiger partial charge on any atom is 0.164 e. The van der Waals surface area contributed by atoms with Gasteiger partial charge in [-0.25, -0.2) is 24.9 Å². The maximum absolute atomic E-state index is 5.14. The van der Waals surface area contributed by atoms with Gasteiger partial charge in [-0.05, 0) is 58.4 Å². The summed E-state index contributed by atoms with van der Waals surface area (Å²) in [6.07, 6.45) is 0. The molecule has 7 heteroatoms. The number of rotatable bonds is 7. The van der Waals surface area contributed by atoms with E-state index in [9.17, 15) is 0 Å². The average Bonchev–Trinajstić information content (AvgIpc) is 3.27. The zero-order valence-electron chi connectivity index (χ0n) is 31.7. The van der Waals surface area contributed by atoms with Crippen molar-refractivity contribution in [3.8, 4) is 34.2 Å². The van der Waals surface area contributed by atoms with Crippen LogP contribution in [0.5, 0.6) is 0 Å². The number of nitrogens with zero attached hydrogens (tertiary/aromatic N) is 6. The van der Waals surface area contributed by atoms with Gasteiger partial charge in [-0.2, -0.15) is 0 Å². The topological polar surface area (TPSA) is 75.8 Å². The van der Waals surface area contributed by atoms with Crippen molar-refractivity contribution in [2.24, 2.45) is 15.0 Å². The number of hydrogen-bond acceptors (Lipinski definition) is 5. The Morgan fingerprint density at radius 2 is 1.14 bits per heavy atom. The summed E-state index contributed by atoms with van der Waals surface area (Å²) in [5, 5.41) is 2.36. The van der Waals surface area contributed by atoms with E-state index in [4.69, 9.17) is 24.9 Å². The highest BCUT2D eigenvalue weighted by atomic mass is 32.2. The first-order valence-electron chi connectivity index (χ1n) is 18.9. The highest BCUT2D eigenvalue weighted by Gasteiger charge is 2.33. The standard InChI is InChI=1S/C50H38N6S/c1-50(2)41-23-12-13-24-43(41)57-44-31-40(27-28-42(44)50)49-55-47(36-18-8-5-9-19-36)54-48(56-49)39-22-14-21-38(30-39)46(53-45(51-3)35-16-6-4-7-17-35)52-32-33-25-26-34-15-10-11-20-37(34)29-33/h4-31H,3,32H2,1-2H3/b52-46-,53-45-. The fraction of sp³-hybridized carbons (Fsp3) is 0.0800. The van der Waals surface area contributed by atoms with Gasteiger partial charge < -0.3 is 0 Å². The zero-order chi connectivity index (χ0) is 38.8. The number of benzene rings is 7. The summed E-state index contributed by atoms with van der Waals surface area (Å²) in [6, 6.07) is 58.0. The zero-order valence-corrected chi connectivity index (χ0v) is 32.5. The van der Waals surface area contributed by atoms with Crippen molar-refractivity contribution >= 4 is 40.9 Å². The summed E-state index contributed by atoms with van der Waals surface area (Å²) in [6.45, 7) is 8.88. The molecular weight excluding hydrogens is 717 g/mol. The van der Waals surface area contributed by atoms with Crippen molar-refractivity contribution < 1.29 is 0 Å². The van der Waals surface area contributed by atoms with Crippen molar-refractivity contribution in [1.29, 1.82) is 0 Å². The minimum Gasteiger partial charge on any atom is -0.261 e. The second-order valence-electron chi connectivity index (χ2n) is 14.5. The van der Waals surface area contributed by atoms with E-state index in [0.717, 1.165) is 33.4 Å². The first-order chi connectivity index (χ1) is 27.9. The number of aliphatic imine (C=N–C) groups is 3. The minimum absolute atomic E-state index is 0.132. The van der Waals surface area contributed by atoms with Crippen LogP contribution in [0.15, 0.2) is 195 Å². The van der Waals surface area contributed by atoms with Crippen molar-refractivity contribution in [1.82, 2.24) is 15.0 Å². The molecule has 6 nitrogen and oxygen atoms in total. The Hall–Kier alpha value is -6.83. The lowest BCUT2D eigenvalue weighted by Gasteiger charge is -2.34. The molecular formula is C50H38N6S. The number of amidine groups is 2. The number of hydrogen-bond donors (Lipinski definition) is 0. The van der Waals surface area contributed by atoms with Crippen LogP contribution in [0.4, 0.5) is 0 Å². The van der Waals surface area contributed by atoms with E-state index < -0.39 is 0 Å². The Morgan fingerprint density at radius 1 is 0.526 bits per heavy atom. The first-order valence-corrected chi connectivity index (χ1v) is 19.7. The Labute approximate surface area is 336 Å². The van der Waals surface area contributed by atoms with Gasteiger partial charge >= 0.3 is 0 Å². The second kappa shape index (κ2) is 15.4. The molecule has 1 aliphatic heterocycles. The van der Waals surface area contributed by atoms with Gasteiger partial charge in [0.1, 0.15) is 0 Å². The molecule has 7 aromatic carbocycles. The predicted molar refractivity (Wildman–Crippen MR) is 236 cm³/mol. The lowest BCUT2D eigenvalue weighted by Crippen LogP contribution is -2.23. The number of fused-ring (bicyclic) bond motifs is 3. The quantitative estimate of drug-likeness (QED) is 0.120. The van der Waals surface area contributed by atoms with Gasteiger partial charge in [-0.15, -0.1) is 0 Å². The Morgan fingerprint density at radius 3 is 1.91 bits per heavy atom. The van der Waals surface area contributed by atoms with Crippen LogP contribution in [0, 0.1) is 0 Å². The molecule has 0 saturated carbocycles. The lowest BCUT2D eigenvalue weighted by atomic mass is 9.77. The molecule has 1 aromatic heterocycles. The normalized spacial score (nSPS) is 13.5. The second-order valence-corrected chi connectivity index (χ2v) is 15.6. The summed E-state index contributed by atoms with van der Waals surface area (Å²) in [7, 11) is 0. The Balaban J connectivity index is 1.15. The molecule has 9 rings (SSSR count). The maximum atomic E-state index is 5.14. The Kier molecular flexibility index (Phi) is 9.66. The van der Waals surface area contributed by atoms with Crippen LogP contribution in [0.25, 0.3) is 44.9 Å². The minimum atomic E-state index is -0.132. The molecule has 0 unspecified atom stereocenters. The summed E-state index contributed by atoms with van der Waals surface area (Å²) < 4.78 is 0. The molecule has 0 radical (unpaired) electrons. The van der Waals surface area contributed by atoms with E-state index in [0.29, 0.717) is 35.7 Å². The van der Waals surface area contributed by atoms with Gasteiger partial charge in [0.15, 0.2) is 29.1 Å². The third-order valence-corrected chi connectivity index (χ3v) is 11.5. The molecule has 1 aliphatic rings. The lowest BCUT2D eigenvalue weighted by molar-refractivity contribution is 0.607. The molecule has 57 heavy (non-hydrogen) atoms. The van der Waals surface area contributed by atoms with E-state index >= 15 is 0 Å². The van der Waals surface area contributed by atoms with Crippen LogP contribution in [0.1, 0.15) is 41.7 Å². The van der Waals surface area contributed by atoms with Gasteiger partial charge in [-0.1, -0.05) is 171 Å². The molecule has 0 aliphatic carbocycles. The van der Waals surface area contributed by atoms with Crippen LogP contribution in [-0.2, 0) is 12.0 Å². The molecule has 0 fully saturated rings. The smallest absolute Gasteiger partial charge is 0.164 e. The van der Waals surface area contributed by atoms with E-state index in [1.165, 1.54) is 31.7 Å². The molecule has 274 valence electrons. The molecule has 2 heterocycles. The monoisotopic (exact) mass is 754 g/mol.